The summed E-state index contributed by atoms with van der Waals surface area (Å²) in [5, 5.41) is 25.1. The van der Waals surface area contributed by atoms with Crippen LogP contribution in [0.1, 0.15) is 11.4 Å². The Hall–Kier alpha value is -7.78. The molecule has 6 heterocycles. The molecule has 2 aliphatic rings. The van der Waals surface area contributed by atoms with Gasteiger partial charge in [0.05, 0.1) is 85.9 Å². The molecule has 0 bridgehead atoms. The molecular weight excluding hydrogens is 839 g/mol. The Bertz CT molecular complexity index is 2600. The Balaban J connectivity index is 0.814. The number of rotatable bonds is 16. The summed E-state index contributed by atoms with van der Waals surface area (Å²) >= 11 is 0. The molecule has 21 heteroatoms. The second-order valence-electron chi connectivity index (χ2n) is 15.3. The monoisotopic (exact) mass is 886 g/mol. The van der Waals surface area contributed by atoms with E-state index in [1.165, 1.54) is 12.4 Å². The minimum absolute atomic E-state index is 0.131. The highest BCUT2D eigenvalue weighted by molar-refractivity contribution is 5.79. The Morgan fingerprint density at radius 1 is 0.692 bits per heavy atom. The molecule has 2 aliphatic heterocycles. The van der Waals surface area contributed by atoms with Gasteiger partial charge in [0.1, 0.15) is 5.75 Å². The average molecular weight is 887 g/mol. The summed E-state index contributed by atoms with van der Waals surface area (Å²) in [5.41, 5.74) is 11.6. The van der Waals surface area contributed by atoms with Gasteiger partial charge in [0.15, 0.2) is 23.3 Å². The van der Waals surface area contributed by atoms with E-state index in [2.05, 4.69) is 66.5 Å². The molecule has 2 saturated heterocycles. The number of hydrogen-bond donors (Lipinski definition) is 5. The lowest BCUT2D eigenvalue weighted by molar-refractivity contribution is 0.0454. The van der Waals surface area contributed by atoms with Crippen molar-refractivity contribution in [1.82, 2.24) is 29.9 Å². The molecule has 4 aromatic heterocycles. The second kappa shape index (κ2) is 20.6. The summed E-state index contributed by atoms with van der Waals surface area (Å²) in [4.78, 5) is 33.3. The van der Waals surface area contributed by atoms with Crippen molar-refractivity contribution in [3.63, 3.8) is 0 Å². The van der Waals surface area contributed by atoms with Gasteiger partial charge in [0, 0.05) is 88.7 Å². The molecule has 2 aromatic carbocycles. The van der Waals surface area contributed by atoms with Gasteiger partial charge < -0.3 is 44.8 Å². The first kappa shape index (κ1) is 43.9. The van der Waals surface area contributed by atoms with Gasteiger partial charge in [-0.25, -0.2) is 29.6 Å². The number of pyridine rings is 2. The van der Waals surface area contributed by atoms with Crippen LogP contribution in [0.25, 0.3) is 0 Å². The van der Waals surface area contributed by atoms with Crippen LogP contribution in [0.3, 0.4) is 0 Å². The highest BCUT2D eigenvalue weighted by Crippen LogP contribution is 2.28. The summed E-state index contributed by atoms with van der Waals surface area (Å²) in [7, 11) is 5.78. The van der Waals surface area contributed by atoms with Crippen LogP contribution in [-0.2, 0) is 9.47 Å². The molecule has 0 spiro atoms. The number of aromatic hydroxyl groups is 1. The number of hydrogen-bond acceptors (Lipinski definition) is 19. The smallest absolute Gasteiger partial charge is 0.245 e. The van der Waals surface area contributed by atoms with Crippen LogP contribution in [-0.4, -0.2) is 127 Å². The number of phenols is 1. The summed E-state index contributed by atoms with van der Waals surface area (Å²) < 4.78 is 41.0. The topological polar surface area (TPSA) is 202 Å². The first-order valence-electron chi connectivity index (χ1n) is 20.7. The fourth-order valence-corrected chi connectivity index (χ4v) is 6.98. The Morgan fingerprint density at radius 2 is 1.29 bits per heavy atom. The first-order chi connectivity index (χ1) is 31.6. The maximum Gasteiger partial charge on any atom is 0.245 e. The highest BCUT2D eigenvalue weighted by atomic mass is 19.1. The van der Waals surface area contributed by atoms with Crippen molar-refractivity contribution in [2.24, 2.45) is 10.2 Å². The van der Waals surface area contributed by atoms with Crippen LogP contribution < -0.4 is 41.1 Å². The van der Waals surface area contributed by atoms with E-state index < -0.39 is 11.6 Å². The van der Waals surface area contributed by atoms with E-state index in [1.807, 2.05) is 84.4 Å². The molecule has 5 N–H and O–H groups in total. The van der Waals surface area contributed by atoms with E-state index in [0.717, 1.165) is 46.5 Å². The standard InChI is InChI=1S/C44H48F2N16O3/c1-59(2)36-18-34(19-37(63)20-36)54-33-10-8-31(48-22-33)24-52-58-44-50-26-40(46)42(56-44)62-13-16-65-38(28-62)27-60(3)35-6-4-5-29(17-35)53-32-9-7-30(47-21-32)23-51-57-43-49-25-39(45)41(55-43)61-11-14-64-15-12-61/h4-10,17-26,38,53-54,63H,11-16,27-28H2,1-3H3,(H,49,55,57)(H,50,56,58)/b51-23+,52-24+. The molecule has 336 valence electrons. The van der Waals surface area contributed by atoms with Crippen molar-refractivity contribution in [3.8, 4) is 5.75 Å². The quantitative estimate of drug-likeness (QED) is 0.0588. The summed E-state index contributed by atoms with van der Waals surface area (Å²) in [6, 6.07) is 20.5. The number of anilines is 10. The fourth-order valence-electron chi connectivity index (χ4n) is 6.98. The minimum atomic E-state index is -0.550. The molecule has 19 nitrogen and oxygen atoms in total. The molecule has 1 unspecified atom stereocenters. The minimum Gasteiger partial charge on any atom is -0.508 e. The van der Waals surface area contributed by atoms with Crippen molar-refractivity contribution in [1.29, 1.82) is 0 Å². The number of hydrazone groups is 2. The predicted molar refractivity (Wildman–Crippen MR) is 249 cm³/mol. The lowest BCUT2D eigenvalue weighted by Gasteiger charge is -2.36. The Morgan fingerprint density at radius 3 is 1.91 bits per heavy atom. The van der Waals surface area contributed by atoms with Crippen LogP contribution in [0, 0.1) is 11.6 Å². The molecule has 0 saturated carbocycles. The number of halogens is 2. The van der Waals surface area contributed by atoms with Gasteiger partial charge in [-0.2, -0.15) is 20.2 Å². The van der Waals surface area contributed by atoms with E-state index in [0.29, 0.717) is 63.9 Å². The lowest BCUT2D eigenvalue weighted by atomic mass is 10.2. The van der Waals surface area contributed by atoms with Crippen LogP contribution in [0.2, 0.25) is 0 Å². The molecule has 65 heavy (non-hydrogen) atoms. The number of morpholine rings is 2. The molecule has 1 atom stereocenters. The van der Waals surface area contributed by atoms with E-state index >= 15 is 4.39 Å². The lowest BCUT2D eigenvalue weighted by Crippen LogP contribution is -2.47. The van der Waals surface area contributed by atoms with Crippen LogP contribution in [0.15, 0.2) is 102 Å². The van der Waals surface area contributed by atoms with Crippen molar-refractivity contribution in [3.05, 3.63) is 115 Å². The maximum atomic E-state index is 15.2. The number of benzene rings is 2. The molecule has 8 rings (SSSR count). The highest BCUT2D eigenvalue weighted by Gasteiger charge is 2.26. The largest absolute Gasteiger partial charge is 0.508 e. The predicted octanol–water partition coefficient (Wildman–Crippen LogP) is 5.66. The molecule has 0 aliphatic carbocycles. The average Bonchev–Trinajstić information content (AvgIpc) is 3.31. The summed E-state index contributed by atoms with van der Waals surface area (Å²) in [6.07, 6.45) is 8.39. The molecule has 0 radical (unpaired) electrons. The van der Waals surface area contributed by atoms with Crippen LogP contribution in [0.4, 0.5) is 66.4 Å². The zero-order chi connectivity index (χ0) is 45.1. The zero-order valence-corrected chi connectivity index (χ0v) is 35.9. The van der Waals surface area contributed by atoms with Gasteiger partial charge in [0.2, 0.25) is 11.9 Å². The molecule has 2 fully saturated rings. The Labute approximate surface area is 373 Å². The van der Waals surface area contributed by atoms with Crippen molar-refractivity contribution in [2.75, 3.05) is 115 Å². The summed E-state index contributed by atoms with van der Waals surface area (Å²) in [5.74, 6) is -0.241. The first-order valence-corrected chi connectivity index (χ1v) is 20.7. The van der Waals surface area contributed by atoms with Crippen LogP contribution >= 0.6 is 0 Å². The van der Waals surface area contributed by atoms with Gasteiger partial charge in [-0.05, 0) is 48.5 Å². The zero-order valence-electron chi connectivity index (χ0n) is 35.9. The SMILES string of the molecule is CN(C)c1cc(O)cc(Nc2ccc(/C=N/Nc3ncc(F)c(N4CCOC(CN(C)c5cccc(Nc6ccc(/C=N/Nc7ncc(F)c(N8CCOCC8)n7)nc6)c5)C4)n3)nc2)c1. The Kier molecular flexibility index (Phi) is 13.9. The van der Waals surface area contributed by atoms with Crippen molar-refractivity contribution >= 4 is 70.1 Å². The molecular formula is C44H48F2N16O3. The second-order valence-corrected chi connectivity index (χ2v) is 15.3. The fraction of sp³-hybridized carbons (Fsp3) is 0.273. The van der Waals surface area contributed by atoms with Gasteiger partial charge in [-0.3, -0.25) is 9.97 Å². The van der Waals surface area contributed by atoms with E-state index in [1.54, 1.807) is 30.6 Å². The van der Waals surface area contributed by atoms with Gasteiger partial charge in [0.25, 0.3) is 0 Å². The molecule has 0 amide bonds. The third kappa shape index (κ3) is 11.8. The van der Waals surface area contributed by atoms with Crippen molar-refractivity contribution < 1.29 is 23.4 Å². The number of phenolic OH excluding ortho intramolecular Hbond substituents is 1. The number of nitrogens with one attached hydrogen (secondary N) is 4. The van der Waals surface area contributed by atoms with E-state index in [-0.39, 0.29) is 35.4 Å². The van der Waals surface area contributed by atoms with E-state index in [4.69, 9.17) is 9.47 Å². The summed E-state index contributed by atoms with van der Waals surface area (Å²) in [6.45, 7) is 3.90. The number of ether oxygens (including phenoxy) is 2. The van der Waals surface area contributed by atoms with Gasteiger partial charge in [-0.1, -0.05) is 6.07 Å². The number of likely N-dealkylation sites (N-methyl/N-ethyl adjacent to an activating group) is 1. The van der Waals surface area contributed by atoms with Crippen molar-refractivity contribution in [2.45, 2.75) is 6.10 Å². The van der Waals surface area contributed by atoms with Crippen LogP contribution in [0.5, 0.6) is 5.75 Å². The normalized spacial score (nSPS) is 15.3. The third-order valence-electron chi connectivity index (χ3n) is 10.3. The van der Waals surface area contributed by atoms with Gasteiger partial charge in [-0.15, -0.1) is 0 Å². The molecule has 6 aromatic rings. The maximum absolute atomic E-state index is 15.2. The number of nitrogens with zero attached hydrogens (tertiary/aromatic N) is 12. The third-order valence-corrected chi connectivity index (χ3v) is 10.3. The van der Waals surface area contributed by atoms with Gasteiger partial charge >= 0.3 is 0 Å². The number of aromatic nitrogens is 6. The van der Waals surface area contributed by atoms with E-state index in [9.17, 15) is 9.50 Å².